The van der Waals surface area contributed by atoms with Gasteiger partial charge in [-0.2, -0.15) is 0 Å². The number of carbonyl (C=O) groups excluding carboxylic acids is 1. The lowest BCUT2D eigenvalue weighted by atomic mass is 9.93. The maximum Gasteiger partial charge on any atom is 0.374 e. The molecule has 1 heterocycles. The monoisotopic (exact) mass is 314 g/mol. The molecule has 0 unspecified atom stereocenters. The van der Waals surface area contributed by atoms with Gasteiger partial charge in [0.2, 0.25) is 5.76 Å². The number of benzene rings is 4. The summed E-state index contributed by atoms with van der Waals surface area (Å²) in [5, 5.41) is 8.09. The van der Waals surface area contributed by atoms with Gasteiger partial charge in [0, 0.05) is 5.39 Å². The van der Waals surface area contributed by atoms with Crippen LogP contribution in [-0.4, -0.2) is 12.6 Å². The number of fused-ring (bicyclic) bond motifs is 2. The maximum atomic E-state index is 12.0. The lowest BCUT2D eigenvalue weighted by Crippen LogP contribution is -2.02. The van der Waals surface area contributed by atoms with Gasteiger partial charge >= 0.3 is 5.97 Å². The molecule has 5 rings (SSSR count). The second-order valence-corrected chi connectivity index (χ2v) is 5.98. The summed E-state index contributed by atoms with van der Waals surface area (Å²) in [5.74, 6) is -0.169. The van der Waals surface area contributed by atoms with E-state index in [0.717, 1.165) is 16.2 Å². The Labute approximate surface area is 137 Å². The van der Waals surface area contributed by atoms with Crippen LogP contribution in [0.2, 0.25) is 0 Å². The van der Waals surface area contributed by atoms with Gasteiger partial charge in [0.1, 0.15) is 5.58 Å². The van der Waals surface area contributed by atoms with Crippen LogP contribution in [0.3, 0.4) is 0 Å². The largest absolute Gasteiger partial charge is 0.460 e. The molecule has 0 aliphatic carbocycles. The average Bonchev–Trinajstić information content (AvgIpc) is 3.03. The zero-order valence-corrected chi connectivity index (χ0v) is 13.1. The Morgan fingerprint density at radius 1 is 0.917 bits per heavy atom. The predicted molar refractivity (Wildman–Crippen MR) is 95.9 cm³/mol. The van der Waals surface area contributed by atoms with Crippen LogP contribution < -0.4 is 0 Å². The average molecular weight is 314 g/mol. The van der Waals surface area contributed by atoms with Gasteiger partial charge in [-0.1, -0.05) is 42.5 Å². The molecule has 5 aromatic rings. The minimum Gasteiger partial charge on any atom is -0.460 e. The first-order valence-electron chi connectivity index (χ1n) is 8.03. The molecule has 116 valence electrons. The molecule has 0 fully saturated rings. The SMILES string of the molecule is CCOC(=O)c1cc2c(cc3ccc4cccc5ccc2c3c45)o1. The van der Waals surface area contributed by atoms with Crippen molar-refractivity contribution in [3.05, 3.63) is 60.4 Å². The van der Waals surface area contributed by atoms with E-state index in [1.54, 1.807) is 13.0 Å². The topological polar surface area (TPSA) is 39.4 Å². The van der Waals surface area contributed by atoms with E-state index in [4.69, 9.17) is 9.15 Å². The summed E-state index contributed by atoms with van der Waals surface area (Å²) in [4.78, 5) is 12.0. The third-order valence-electron chi connectivity index (χ3n) is 4.62. The highest BCUT2D eigenvalue weighted by molar-refractivity contribution is 6.28. The normalized spacial score (nSPS) is 11.9. The Morgan fingerprint density at radius 2 is 1.67 bits per heavy atom. The number of furan rings is 1. The molecule has 0 aliphatic heterocycles. The first-order chi connectivity index (χ1) is 11.8. The quantitative estimate of drug-likeness (QED) is 0.319. The summed E-state index contributed by atoms with van der Waals surface area (Å²) >= 11 is 0. The number of carbonyl (C=O) groups is 1. The zero-order valence-electron chi connectivity index (χ0n) is 13.1. The molecule has 4 aromatic carbocycles. The van der Waals surface area contributed by atoms with Crippen LogP contribution in [0.4, 0.5) is 0 Å². The predicted octanol–water partition coefficient (Wildman–Crippen LogP) is 5.51. The van der Waals surface area contributed by atoms with E-state index in [1.807, 2.05) is 6.07 Å². The van der Waals surface area contributed by atoms with Crippen LogP contribution in [0.5, 0.6) is 0 Å². The third-order valence-corrected chi connectivity index (χ3v) is 4.62. The van der Waals surface area contributed by atoms with Crippen LogP contribution in [0.25, 0.3) is 43.3 Å². The number of ether oxygens (including phenoxy) is 1. The van der Waals surface area contributed by atoms with Crippen molar-refractivity contribution in [2.45, 2.75) is 6.92 Å². The molecule has 0 atom stereocenters. The molecule has 0 aliphatic rings. The van der Waals surface area contributed by atoms with Crippen molar-refractivity contribution in [2.24, 2.45) is 0 Å². The summed E-state index contributed by atoms with van der Waals surface area (Å²) in [6, 6.07) is 18.6. The molecule has 3 nitrogen and oxygen atoms in total. The van der Waals surface area contributed by atoms with Gasteiger partial charge in [0.05, 0.1) is 6.61 Å². The molecule has 0 saturated carbocycles. The molecule has 0 N–H and O–H groups in total. The molecule has 0 radical (unpaired) electrons. The zero-order chi connectivity index (χ0) is 16.3. The Balaban J connectivity index is 1.94. The standard InChI is InChI=1S/C21H14O3/c1-2-23-21(22)18-11-16-15-9-8-13-5-3-4-12-6-7-14(10-17(16)24-18)20(15)19(12)13/h3-11H,2H2,1H3. The Bertz CT molecular complexity index is 1210. The van der Waals surface area contributed by atoms with E-state index in [1.165, 1.54) is 21.5 Å². The lowest BCUT2D eigenvalue weighted by molar-refractivity contribution is 0.0492. The number of rotatable bonds is 2. The first-order valence-corrected chi connectivity index (χ1v) is 8.03. The fourth-order valence-electron chi connectivity index (χ4n) is 3.62. The summed E-state index contributed by atoms with van der Waals surface area (Å²) in [7, 11) is 0. The van der Waals surface area contributed by atoms with Gasteiger partial charge in [-0.25, -0.2) is 4.79 Å². The first kappa shape index (κ1) is 13.4. The van der Waals surface area contributed by atoms with Gasteiger partial charge in [0.25, 0.3) is 0 Å². The van der Waals surface area contributed by atoms with Gasteiger partial charge < -0.3 is 9.15 Å². The van der Waals surface area contributed by atoms with Crippen LogP contribution in [0, 0.1) is 0 Å². The van der Waals surface area contributed by atoms with Crippen molar-refractivity contribution in [1.29, 1.82) is 0 Å². The van der Waals surface area contributed by atoms with Crippen LogP contribution >= 0.6 is 0 Å². The van der Waals surface area contributed by atoms with E-state index in [2.05, 4.69) is 42.5 Å². The van der Waals surface area contributed by atoms with Crippen molar-refractivity contribution >= 4 is 49.3 Å². The second-order valence-electron chi connectivity index (χ2n) is 5.98. The highest BCUT2D eigenvalue weighted by Gasteiger charge is 2.17. The molecule has 0 bridgehead atoms. The maximum absolute atomic E-state index is 12.0. The minimum absolute atomic E-state index is 0.252. The van der Waals surface area contributed by atoms with Crippen molar-refractivity contribution in [3.8, 4) is 0 Å². The fraction of sp³-hybridized carbons (Fsp3) is 0.0952. The molecule has 1 aromatic heterocycles. The van der Waals surface area contributed by atoms with Crippen molar-refractivity contribution < 1.29 is 13.9 Å². The van der Waals surface area contributed by atoms with Gasteiger partial charge in [-0.05, 0) is 51.4 Å². The molecule has 0 saturated heterocycles. The number of esters is 1. The third kappa shape index (κ3) is 1.69. The smallest absolute Gasteiger partial charge is 0.374 e. The minimum atomic E-state index is -0.421. The highest BCUT2D eigenvalue weighted by atomic mass is 16.5. The van der Waals surface area contributed by atoms with E-state index < -0.39 is 5.97 Å². The van der Waals surface area contributed by atoms with E-state index in [9.17, 15) is 4.79 Å². The second kappa shape index (κ2) is 4.71. The summed E-state index contributed by atoms with van der Waals surface area (Å²) < 4.78 is 10.8. The lowest BCUT2D eigenvalue weighted by Gasteiger charge is -2.10. The van der Waals surface area contributed by atoms with Crippen LogP contribution in [0.15, 0.2) is 59.0 Å². The van der Waals surface area contributed by atoms with E-state index in [-0.39, 0.29) is 5.76 Å². The summed E-state index contributed by atoms with van der Waals surface area (Å²) in [5.41, 5.74) is 0.712. The van der Waals surface area contributed by atoms with Crippen molar-refractivity contribution in [3.63, 3.8) is 0 Å². The van der Waals surface area contributed by atoms with Crippen LogP contribution in [0.1, 0.15) is 17.5 Å². The fourth-order valence-corrected chi connectivity index (χ4v) is 3.62. The Hall–Kier alpha value is -3.07. The molecule has 3 heteroatoms. The van der Waals surface area contributed by atoms with Crippen molar-refractivity contribution in [1.82, 2.24) is 0 Å². The van der Waals surface area contributed by atoms with Gasteiger partial charge in [0.15, 0.2) is 0 Å². The Morgan fingerprint density at radius 3 is 2.46 bits per heavy atom. The molecular weight excluding hydrogens is 300 g/mol. The highest BCUT2D eigenvalue weighted by Crippen LogP contribution is 2.39. The van der Waals surface area contributed by atoms with Crippen molar-refractivity contribution in [2.75, 3.05) is 6.61 Å². The summed E-state index contributed by atoms with van der Waals surface area (Å²) in [6.45, 7) is 2.12. The van der Waals surface area contributed by atoms with E-state index in [0.29, 0.717) is 12.2 Å². The number of hydrogen-bond donors (Lipinski definition) is 0. The van der Waals surface area contributed by atoms with Gasteiger partial charge in [-0.15, -0.1) is 0 Å². The van der Waals surface area contributed by atoms with Crippen LogP contribution in [-0.2, 0) is 4.74 Å². The molecule has 24 heavy (non-hydrogen) atoms. The Kier molecular flexibility index (Phi) is 2.63. The molecular formula is C21H14O3. The van der Waals surface area contributed by atoms with Gasteiger partial charge in [-0.3, -0.25) is 0 Å². The summed E-state index contributed by atoms with van der Waals surface area (Å²) in [6.07, 6.45) is 0. The van der Waals surface area contributed by atoms with E-state index >= 15 is 0 Å². The molecule has 0 amide bonds. The molecule has 0 spiro atoms. The number of hydrogen-bond acceptors (Lipinski definition) is 3.